The summed E-state index contributed by atoms with van der Waals surface area (Å²) in [5.74, 6) is 1.12. The second-order valence-electron chi connectivity index (χ2n) is 3.34. The quantitative estimate of drug-likeness (QED) is 0.797. The van der Waals surface area contributed by atoms with Gasteiger partial charge in [-0.25, -0.2) is 9.97 Å². The minimum absolute atomic E-state index is 0.488. The Morgan fingerprint density at radius 1 is 1.40 bits per heavy atom. The Balaban J connectivity index is 2.44. The molecule has 0 aliphatic carbocycles. The Hall–Kier alpha value is -1.91. The molecule has 0 spiro atoms. The van der Waals surface area contributed by atoms with E-state index < -0.39 is 0 Å². The van der Waals surface area contributed by atoms with E-state index in [0.717, 1.165) is 17.8 Å². The van der Waals surface area contributed by atoms with Gasteiger partial charge in [-0.15, -0.1) is 0 Å². The molecule has 15 heavy (non-hydrogen) atoms. The number of aryl methyl sites for hydroxylation is 2. The van der Waals surface area contributed by atoms with Gasteiger partial charge in [-0.2, -0.15) is 5.10 Å². The van der Waals surface area contributed by atoms with Crippen LogP contribution in [0.25, 0.3) is 11.4 Å². The van der Waals surface area contributed by atoms with Gasteiger partial charge in [0.25, 0.3) is 0 Å². The van der Waals surface area contributed by atoms with Crippen LogP contribution < -0.4 is 5.73 Å². The van der Waals surface area contributed by atoms with Crippen molar-refractivity contribution >= 4 is 5.82 Å². The molecule has 0 fully saturated rings. The first-order chi connectivity index (χ1) is 7.19. The summed E-state index contributed by atoms with van der Waals surface area (Å²) in [6, 6.07) is 1.74. The maximum absolute atomic E-state index is 5.66. The number of hydrogen-bond donors (Lipinski definition) is 1. The van der Waals surface area contributed by atoms with Crippen molar-refractivity contribution in [3.63, 3.8) is 0 Å². The van der Waals surface area contributed by atoms with E-state index in [1.165, 1.54) is 0 Å². The van der Waals surface area contributed by atoms with Crippen LogP contribution in [0.15, 0.2) is 18.5 Å². The van der Waals surface area contributed by atoms with Gasteiger partial charge in [-0.3, -0.25) is 4.68 Å². The van der Waals surface area contributed by atoms with Crippen LogP contribution in [-0.4, -0.2) is 19.7 Å². The minimum atomic E-state index is 0.488. The lowest BCUT2D eigenvalue weighted by atomic mass is 10.3. The van der Waals surface area contributed by atoms with Gasteiger partial charge in [-0.1, -0.05) is 0 Å². The van der Waals surface area contributed by atoms with Crippen LogP contribution in [0, 0.1) is 6.92 Å². The molecule has 0 atom stereocenters. The number of hydrogen-bond acceptors (Lipinski definition) is 4. The SMILES string of the molecule is CCn1cc(-c2nc(C)cc(N)n2)cn1. The van der Waals surface area contributed by atoms with Gasteiger partial charge in [-0.05, 0) is 13.8 Å². The van der Waals surface area contributed by atoms with Gasteiger partial charge in [0.2, 0.25) is 0 Å². The lowest BCUT2D eigenvalue weighted by Gasteiger charge is -1.99. The van der Waals surface area contributed by atoms with Crippen molar-refractivity contribution in [1.29, 1.82) is 0 Å². The number of nitrogen functional groups attached to an aromatic ring is 1. The zero-order valence-corrected chi connectivity index (χ0v) is 8.81. The number of rotatable bonds is 2. The fraction of sp³-hybridized carbons (Fsp3) is 0.300. The molecule has 2 aromatic rings. The summed E-state index contributed by atoms with van der Waals surface area (Å²) in [6.07, 6.45) is 3.66. The summed E-state index contributed by atoms with van der Waals surface area (Å²) >= 11 is 0. The number of anilines is 1. The molecule has 0 aliphatic rings. The van der Waals surface area contributed by atoms with Crippen molar-refractivity contribution in [3.05, 3.63) is 24.2 Å². The zero-order valence-electron chi connectivity index (χ0n) is 8.81. The summed E-state index contributed by atoms with van der Waals surface area (Å²) in [4.78, 5) is 8.47. The van der Waals surface area contributed by atoms with E-state index in [4.69, 9.17) is 5.73 Å². The molecule has 0 saturated heterocycles. The second-order valence-corrected chi connectivity index (χ2v) is 3.34. The highest BCUT2D eigenvalue weighted by Gasteiger charge is 2.05. The van der Waals surface area contributed by atoms with Crippen LogP contribution in [0.2, 0.25) is 0 Å². The third-order valence-corrected chi connectivity index (χ3v) is 2.09. The smallest absolute Gasteiger partial charge is 0.164 e. The molecule has 2 rings (SSSR count). The van der Waals surface area contributed by atoms with Crippen LogP contribution in [-0.2, 0) is 6.54 Å². The Kier molecular flexibility index (Phi) is 2.37. The molecule has 5 nitrogen and oxygen atoms in total. The maximum Gasteiger partial charge on any atom is 0.164 e. The molecule has 2 aromatic heterocycles. The zero-order chi connectivity index (χ0) is 10.8. The van der Waals surface area contributed by atoms with Gasteiger partial charge in [0.15, 0.2) is 5.82 Å². The lowest BCUT2D eigenvalue weighted by Crippen LogP contribution is -1.97. The summed E-state index contributed by atoms with van der Waals surface area (Å²) in [7, 11) is 0. The van der Waals surface area contributed by atoms with Gasteiger partial charge in [0.1, 0.15) is 5.82 Å². The normalized spacial score (nSPS) is 10.5. The molecule has 5 heteroatoms. The standard InChI is InChI=1S/C10H13N5/c1-3-15-6-8(5-12-15)10-13-7(2)4-9(11)14-10/h4-6H,3H2,1-2H3,(H2,11,13,14). The first kappa shape index (κ1) is 9.64. The van der Waals surface area contributed by atoms with Crippen LogP contribution >= 0.6 is 0 Å². The molecule has 0 saturated carbocycles. The molecule has 0 unspecified atom stereocenters. The number of aromatic nitrogens is 4. The van der Waals surface area contributed by atoms with Crippen molar-refractivity contribution in [2.45, 2.75) is 20.4 Å². The third-order valence-electron chi connectivity index (χ3n) is 2.09. The molecule has 0 aliphatic heterocycles. The molecule has 0 bridgehead atoms. The molecule has 2 heterocycles. The fourth-order valence-corrected chi connectivity index (χ4v) is 1.37. The summed E-state index contributed by atoms with van der Waals surface area (Å²) in [6.45, 7) is 4.76. The summed E-state index contributed by atoms with van der Waals surface area (Å²) in [5, 5.41) is 4.17. The second kappa shape index (κ2) is 3.68. The fourth-order valence-electron chi connectivity index (χ4n) is 1.37. The van der Waals surface area contributed by atoms with E-state index in [1.54, 1.807) is 12.3 Å². The van der Waals surface area contributed by atoms with E-state index in [9.17, 15) is 0 Å². The van der Waals surface area contributed by atoms with Crippen LogP contribution in [0.3, 0.4) is 0 Å². The van der Waals surface area contributed by atoms with Crippen molar-refractivity contribution < 1.29 is 0 Å². The molecule has 0 aromatic carbocycles. The van der Waals surface area contributed by atoms with E-state index in [-0.39, 0.29) is 0 Å². The monoisotopic (exact) mass is 203 g/mol. The average molecular weight is 203 g/mol. The first-order valence-corrected chi connectivity index (χ1v) is 4.83. The molecule has 0 radical (unpaired) electrons. The molecule has 0 amide bonds. The van der Waals surface area contributed by atoms with Gasteiger partial charge in [0, 0.05) is 24.5 Å². The summed E-state index contributed by atoms with van der Waals surface area (Å²) in [5.41, 5.74) is 7.42. The number of nitrogens with two attached hydrogens (primary N) is 1. The summed E-state index contributed by atoms with van der Waals surface area (Å²) < 4.78 is 1.83. The van der Waals surface area contributed by atoms with E-state index in [1.807, 2.05) is 24.7 Å². The van der Waals surface area contributed by atoms with Gasteiger partial charge in [0.05, 0.1) is 11.8 Å². The van der Waals surface area contributed by atoms with Crippen molar-refractivity contribution in [1.82, 2.24) is 19.7 Å². The maximum atomic E-state index is 5.66. The van der Waals surface area contributed by atoms with Gasteiger partial charge >= 0.3 is 0 Å². The minimum Gasteiger partial charge on any atom is -0.384 e. The van der Waals surface area contributed by atoms with E-state index in [0.29, 0.717) is 11.6 Å². The van der Waals surface area contributed by atoms with E-state index in [2.05, 4.69) is 15.1 Å². The van der Waals surface area contributed by atoms with E-state index >= 15 is 0 Å². The average Bonchev–Trinajstić information content (AvgIpc) is 2.64. The molecular weight excluding hydrogens is 190 g/mol. The van der Waals surface area contributed by atoms with Crippen LogP contribution in [0.4, 0.5) is 5.82 Å². The lowest BCUT2D eigenvalue weighted by molar-refractivity contribution is 0.660. The highest BCUT2D eigenvalue weighted by Crippen LogP contribution is 2.15. The van der Waals surface area contributed by atoms with Crippen LogP contribution in [0.1, 0.15) is 12.6 Å². The van der Waals surface area contributed by atoms with Crippen LogP contribution in [0.5, 0.6) is 0 Å². The van der Waals surface area contributed by atoms with Crippen molar-refractivity contribution in [2.24, 2.45) is 0 Å². The Morgan fingerprint density at radius 2 is 2.20 bits per heavy atom. The highest BCUT2D eigenvalue weighted by atomic mass is 15.3. The highest BCUT2D eigenvalue weighted by molar-refractivity contribution is 5.54. The number of nitrogens with zero attached hydrogens (tertiary/aromatic N) is 4. The topological polar surface area (TPSA) is 69.6 Å². The predicted molar refractivity (Wildman–Crippen MR) is 58.1 cm³/mol. The molecule has 2 N–H and O–H groups in total. The molecular formula is C10H13N5. The van der Waals surface area contributed by atoms with Gasteiger partial charge < -0.3 is 5.73 Å². The predicted octanol–water partition coefficient (Wildman–Crippen LogP) is 1.25. The first-order valence-electron chi connectivity index (χ1n) is 4.83. The third kappa shape index (κ3) is 1.96. The molecule has 78 valence electrons. The largest absolute Gasteiger partial charge is 0.384 e. The Labute approximate surface area is 88.0 Å². The Bertz CT molecular complexity index is 454. The van der Waals surface area contributed by atoms with Crippen molar-refractivity contribution in [3.8, 4) is 11.4 Å². The van der Waals surface area contributed by atoms with Crippen molar-refractivity contribution in [2.75, 3.05) is 5.73 Å². The Morgan fingerprint density at radius 3 is 2.80 bits per heavy atom.